The highest BCUT2D eigenvalue weighted by atomic mass is 19.3. The van der Waals surface area contributed by atoms with Gasteiger partial charge in [0.1, 0.15) is 11.5 Å². The molecule has 5 nitrogen and oxygen atoms in total. The second-order valence-corrected chi connectivity index (χ2v) is 5.55. The van der Waals surface area contributed by atoms with Gasteiger partial charge in [-0.15, -0.1) is 0 Å². The van der Waals surface area contributed by atoms with E-state index in [0.29, 0.717) is 23.9 Å². The third-order valence-electron chi connectivity index (χ3n) is 3.68. The number of aromatic amines is 1. The van der Waals surface area contributed by atoms with Crippen LogP contribution in [0.3, 0.4) is 0 Å². The van der Waals surface area contributed by atoms with E-state index in [9.17, 15) is 8.78 Å². The monoisotopic (exact) mass is 295 g/mol. The number of H-pyrrole nitrogens is 1. The van der Waals surface area contributed by atoms with Crippen molar-refractivity contribution in [1.82, 2.24) is 25.5 Å². The van der Waals surface area contributed by atoms with E-state index >= 15 is 0 Å². The number of rotatable bonds is 6. The van der Waals surface area contributed by atoms with Crippen molar-refractivity contribution in [2.75, 3.05) is 0 Å². The van der Waals surface area contributed by atoms with Crippen LogP contribution in [0.4, 0.5) is 8.78 Å². The van der Waals surface area contributed by atoms with Crippen LogP contribution in [-0.4, -0.2) is 32.6 Å². The smallest absolute Gasteiger partial charge is 0.245 e. The number of nitrogens with zero attached hydrogens (tertiary/aromatic N) is 3. The minimum atomic E-state index is -2.39. The average Bonchev–Trinajstić information content (AvgIpc) is 2.94. The summed E-state index contributed by atoms with van der Waals surface area (Å²) in [5, 5.41) is 9.92. The Labute approximate surface area is 122 Å². The lowest BCUT2D eigenvalue weighted by molar-refractivity contribution is -0.00273. The van der Waals surface area contributed by atoms with Gasteiger partial charge in [-0.2, -0.15) is 5.10 Å². The van der Waals surface area contributed by atoms with Gasteiger partial charge >= 0.3 is 0 Å². The molecular weight excluding hydrogens is 276 g/mol. The second kappa shape index (κ2) is 6.26. The fourth-order valence-corrected chi connectivity index (χ4v) is 1.69. The van der Waals surface area contributed by atoms with Gasteiger partial charge in [0.15, 0.2) is 5.82 Å². The molecule has 0 fully saturated rings. The molecule has 0 saturated heterocycles. The molecule has 0 amide bonds. The summed E-state index contributed by atoms with van der Waals surface area (Å²) in [6.07, 6.45) is -0.726. The van der Waals surface area contributed by atoms with Crippen LogP contribution in [0.5, 0.6) is 0 Å². The summed E-state index contributed by atoms with van der Waals surface area (Å²) >= 11 is 0. The Morgan fingerprint density at radius 2 is 2.10 bits per heavy atom. The summed E-state index contributed by atoms with van der Waals surface area (Å²) in [4.78, 5) is 8.46. The maximum atomic E-state index is 12.9. The van der Waals surface area contributed by atoms with Gasteiger partial charge in [0.25, 0.3) is 0 Å². The van der Waals surface area contributed by atoms with Crippen LogP contribution in [-0.2, 0) is 6.54 Å². The third kappa shape index (κ3) is 3.60. The first-order valence-corrected chi connectivity index (χ1v) is 6.75. The van der Waals surface area contributed by atoms with Crippen molar-refractivity contribution in [3.05, 3.63) is 30.2 Å². The van der Waals surface area contributed by atoms with Crippen molar-refractivity contribution in [3.63, 3.8) is 0 Å². The van der Waals surface area contributed by atoms with Crippen molar-refractivity contribution < 1.29 is 8.78 Å². The summed E-state index contributed by atoms with van der Waals surface area (Å²) in [6.45, 7) is 5.16. The maximum Gasteiger partial charge on any atom is 0.245 e. The molecule has 1 atom stereocenters. The van der Waals surface area contributed by atoms with Gasteiger partial charge in [0.2, 0.25) is 6.43 Å². The van der Waals surface area contributed by atoms with Crippen LogP contribution in [0.25, 0.3) is 11.5 Å². The fourth-order valence-electron chi connectivity index (χ4n) is 1.69. The van der Waals surface area contributed by atoms with Crippen molar-refractivity contribution in [3.8, 4) is 11.5 Å². The van der Waals surface area contributed by atoms with E-state index in [2.05, 4.69) is 25.5 Å². The molecule has 0 aromatic carbocycles. The van der Waals surface area contributed by atoms with E-state index < -0.39 is 11.8 Å². The molecule has 114 valence electrons. The number of pyridine rings is 1. The van der Waals surface area contributed by atoms with Crippen molar-refractivity contribution in [2.45, 2.75) is 39.8 Å². The van der Waals surface area contributed by atoms with E-state index in [1.807, 2.05) is 18.2 Å². The number of nitrogens with one attached hydrogen (secondary N) is 2. The van der Waals surface area contributed by atoms with Gasteiger partial charge in [-0.1, -0.05) is 19.9 Å². The standard InChI is InChI=1S/C14H19F2N5/c1-9(14(2,3)13(15)16)18-8-11-19-12(21-20-11)10-6-4-5-7-17-10/h4-7,9,13,18H,8H2,1-3H3,(H,19,20,21). The summed E-state index contributed by atoms with van der Waals surface area (Å²) < 4.78 is 25.9. The lowest BCUT2D eigenvalue weighted by Gasteiger charge is -2.31. The van der Waals surface area contributed by atoms with Gasteiger partial charge in [-0.05, 0) is 19.1 Å². The number of alkyl halides is 2. The first kappa shape index (κ1) is 15.5. The molecule has 0 bridgehead atoms. The Hall–Kier alpha value is -1.89. The molecule has 2 aromatic heterocycles. The Balaban J connectivity index is 1.98. The summed E-state index contributed by atoms with van der Waals surface area (Å²) in [6, 6.07) is 5.11. The fraction of sp³-hybridized carbons (Fsp3) is 0.500. The van der Waals surface area contributed by atoms with Gasteiger partial charge in [-0.3, -0.25) is 10.1 Å². The van der Waals surface area contributed by atoms with E-state index in [0.717, 1.165) is 0 Å². The Morgan fingerprint density at radius 3 is 2.71 bits per heavy atom. The number of aromatic nitrogens is 4. The molecule has 21 heavy (non-hydrogen) atoms. The van der Waals surface area contributed by atoms with Crippen LogP contribution in [0.1, 0.15) is 26.6 Å². The molecule has 7 heteroatoms. The van der Waals surface area contributed by atoms with Crippen LogP contribution >= 0.6 is 0 Å². The summed E-state index contributed by atoms with van der Waals surface area (Å²) in [5.41, 5.74) is -0.440. The number of hydrogen-bond donors (Lipinski definition) is 2. The van der Waals surface area contributed by atoms with E-state index in [-0.39, 0.29) is 6.04 Å². The van der Waals surface area contributed by atoms with E-state index in [1.54, 1.807) is 13.1 Å². The Bertz CT molecular complexity index is 568. The molecule has 2 heterocycles. The molecule has 0 spiro atoms. The zero-order valence-electron chi connectivity index (χ0n) is 12.3. The highest BCUT2D eigenvalue weighted by Gasteiger charge is 2.35. The summed E-state index contributed by atoms with van der Waals surface area (Å²) in [5.74, 6) is 1.08. The Morgan fingerprint density at radius 1 is 1.33 bits per heavy atom. The molecule has 2 N–H and O–H groups in total. The molecular formula is C14H19F2N5. The second-order valence-electron chi connectivity index (χ2n) is 5.55. The van der Waals surface area contributed by atoms with E-state index in [4.69, 9.17) is 0 Å². The maximum absolute atomic E-state index is 12.9. The lowest BCUT2D eigenvalue weighted by Crippen LogP contribution is -2.43. The predicted molar refractivity (Wildman–Crippen MR) is 75.7 cm³/mol. The highest BCUT2D eigenvalue weighted by molar-refractivity contribution is 5.47. The first-order chi connectivity index (χ1) is 9.91. The van der Waals surface area contributed by atoms with Crippen molar-refractivity contribution in [2.24, 2.45) is 5.41 Å². The quantitative estimate of drug-likeness (QED) is 0.859. The number of hydrogen-bond acceptors (Lipinski definition) is 4. The minimum absolute atomic E-state index is 0.344. The largest absolute Gasteiger partial charge is 0.307 e. The van der Waals surface area contributed by atoms with Crippen LogP contribution in [0.2, 0.25) is 0 Å². The lowest BCUT2D eigenvalue weighted by atomic mass is 9.86. The molecule has 0 radical (unpaired) electrons. The van der Waals surface area contributed by atoms with Gasteiger partial charge in [0, 0.05) is 17.7 Å². The van der Waals surface area contributed by atoms with Crippen LogP contribution in [0.15, 0.2) is 24.4 Å². The first-order valence-electron chi connectivity index (χ1n) is 6.75. The SMILES string of the molecule is CC(NCc1nc(-c2ccccn2)n[nH]1)C(C)(C)C(F)F. The molecule has 0 saturated carbocycles. The molecule has 0 aliphatic heterocycles. The van der Waals surface area contributed by atoms with Gasteiger partial charge < -0.3 is 5.32 Å². The molecule has 0 aliphatic rings. The third-order valence-corrected chi connectivity index (χ3v) is 3.68. The topological polar surface area (TPSA) is 66.5 Å². The highest BCUT2D eigenvalue weighted by Crippen LogP contribution is 2.28. The normalized spacial score (nSPS) is 13.6. The van der Waals surface area contributed by atoms with Crippen LogP contribution < -0.4 is 5.32 Å². The van der Waals surface area contributed by atoms with Gasteiger partial charge in [0.05, 0.1) is 6.54 Å². The van der Waals surface area contributed by atoms with E-state index in [1.165, 1.54) is 13.8 Å². The molecule has 1 unspecified atom stereocenters. The summed E-state index contributed by atoms with van der Waals surface area (Å²) in [7, 11) is 0. The van der Waals surface area contributed by atoms with Gasteiger partial charge in [-0.25, -0.2) is 13.8 Å². The predicted octanol–water partition coefficient (Wildman–Crippen LogP) is 2.64. The zero-order valence-corrected chi connectivity index (χ0v) is 12.3. The molecule has 0 aliphatic carbocycles. The van der Waals surface area contributed by atoms with Crippen LogP contribution in [0, 0.1) is 5.41 Å². The number of halogens is 2. The van der Waals surface area contributed by atoms with Crippen molar-refractivity contribution in [1.29, 1.82) is 0 Å². The minimum Gasteiger partial charge on any atom is -0.307 e. The zero-order chi connectivity index (χ0) is 15.5. The molecule has 2 rings (SSSR count). The average molecular weight is 295 g/mol. The molecule has 2 aromatic rings. The Kier molecular flexibility index (Phi) is 4.62. The van der Waals surface area contributed by atoms with Crippen molar-refractivity contribution >= 4 is 0 Å².